The molecule has 2 amide bonds. The van der Waals surface area contributed by atoms with Gasteiger partial charge < -0.3 is 19.2 Å². The van der Waals surface area contributed by atoms with Gasteiger partial charge in [-0.1, -0.05) is 43.7 Å². The van der Waals surface area contributed by atoms with Crippen molar-refractivity contribution in [2.45, 2.75) is 96.3 Å². The topological polar surface area (TPSA) is 102 Å². The van der Waals surface area contributed by atoms with Crippen molar-refractivity contribution in [3.05, 3.63) is 70.8 Å². The highest BCUT2D eigenvalue weighted by Gasteiger charge is 2.37. The summed E-state index contributed by atoms with van der Waals surface area (Å²) in [5.74, 6) is 0.372. The van der Waals surface area contributed by atoms with Gasteiger partial charge in [0.1, 0.15) is 28.6 Å². The van der Waals surface area contributed by atoms with Gasteiger partial charge in [0.05, 0.1) is 0 Å². The molecule has 0 bridgehead atoms. The molecule has 8 nitrogen and oxygen atoms in total. The summed E-state index contributed by atoms with van der Waals surface area (Å²) in [5, 5.41) is 7.98. The van der Waals surface area contributed by atoms with E-state index in [9.17, 15) is 9.59 Å². The fourth-order valence-corrected chi connectivity index (χ4v) is 5.69. The summed E-state index contributed by atoms with van der Waals surface area (Å²) in [6.45, 7) is 7.38. The fraction of sp³-hybridized carbons (Fsp3) is 0.469. The maximum Gasteiger partial charge on any atom is 0.408 e. The summed E-state index contributed by atoms with van der Waals surface area (Å²) in [4.78, 5) is 25.8. The zero-order chi connectivity index (χ0) is 28.3. The number of hydrogen-bond donors (Lipinski definition) is 2. The van der Waals surface area contributed by atoms with Crippen LogP contribution < -0.4 is 21.0 Å². The van der Waals surface area contributed by atoms with E-state index in [0.717, 1.165) is 48.8 Å². The number of fused-ring (bicyclic) bond motifs is 2. The lowest BCUT2D eigenvalue weighted by Gasteiger charge is -2.41. The first-order valence-electron chi connectivity index (χ1n) is 14.3. The van der Waals surface area contributed by atoms with Crippen LogP contribution in [-0.2, 0) is 22.4 Å². The SMILES string of the molecule is CCc1c/c(=N\NC(=O)[C@H](NC(=O)OC(C)(C)C)c2ccccc2)oc2cc3c(cc12)CCC1(CCCCC1)O3. The van der Waals surface area contributed by atoms with E-state index in [2.05, 4.69) is 28.8 Å². The molecule has 1 fully saturated rings. The highest BCUT2D eigenvalue weighted by molar-refractivity contribution is 5.87. The Morgan fingerprint density at radius 3 is 2.50 bits per heavy atom. The molecule has 3 aromatic rings. The molecule has 2 aliphatic rings. The Morgan fingerprint density at radius 2 is 1.80 bits per heavy atom. The normalized spacial score (nSPS) is 17.6. The standard InChI is InChI=1S/C32H39N3O5/c1-5-21-19-27(34-35-29(36)28(22-12-8-6-9-13-22)33-30(37)40-31(2,3)4)38-26-20-25-23(18-24(21)26)14-17-32(39-25)15-10-7-11-16-32/h6,8-9,12-13,18-20,28H,5,7,10-11,14-17H2,1-4H3,(H,33,37)(H,35,36)/b34-27+/t28-/m1/s1. The molecule has 1 aromatic heterocycles. The van der Waals surface area contributed by atoms with Crippen molar-refractivity contribution in [3.8, 4) is 5.75 Å². The molecule has 2 N–H and O–H groups in total. The lowest BCUT2D eigenvalue weighted by atomic mass is 9.79. The second-order valence-electron chi connectivity index (χ2n) is 11.8. The van der Waals surface area contributed by atoms with Gasteiger partial charge in [-0.25, -0.2) is 10.2 Å². The quantitative estimate of drug-likeness (QED) is 0.371. The summed E-state index contributed by atoms with van der Waals surface area (Å²) in [6, 6.07) is 14.0. The monoisotopic (exact) mass is 545 g/mol. The number of nitrogens with one attached hydrogen (secondary N) is 2. The van der Waals surface area contributed by atoms with E-state index in [-0.39, 0.29) is 11.2 Å². The Kier molecular flexibility index (Phi) is 7.88. The van der Waals surface area contributed by atoms with E-state index in [0.29, 0.717) is 11.1 Å². The van der Waals surface area contributed by atoms with Crippen molar-refractivity contribution < 1.29 is 23.5 Å². The van der Waals surface area contributed by atoms with Crippen LogP contribution in [0.25, 0.3) is 11.0 Å². The number of alkyl carbamates (subject to hydrolysis) is 1. The van der Waals surface area contributed by atoms with Crippen molar-refractivity contribution in [2.24, 2.45) is 5.10 Å². The van der Waals surface area contributed by atoms with Crippen LogP contribution in [0.3, 0.4) is 0 Å². The summed E-state index contributed by atoms with van der Waals surface area (Å²) >= 11 is 0. The van der Waals surface area contributed by atoms with E-state index in [1.54, 1.807) is 45.0 Å². The number of carbonyl (C=O) groups excluding carboxylic acids is 2. The second-order valence-corrected chi connectivity index (χ2v) is 11.8. The van der Waals surface area contributed by atoms with Gasteiger partial charge in [0.15, 0.2) is 0 Å². The number of aryl methyl sites for hydroxylation is 2. The predicted molar refractivity (Wildman–Crippen MR) is 153 cm³/mol. The number of amides is 2. The first-order chi connectivity index (χ1) is 19.1. The zero-order valence-corrected chi connectivity index (χ0v) is 23.8. The Bertz CT molecular complexity index is 1450. The molecular formula is C32H39N3O5. The van der Waals surface area contributed by atoms with Gasteiger partial charge in [0.2, 0.25) is 5.55 Å². The molecule has 1 atom stereocenters. The van der Waals surface area contributed by atoms with Crippen molar-refractivity contribution in [3.63, 3.8) is 0 Å². The Hall–Kier alpha value is -3.81. The van der Waals surface area contributed by atoms with Crippen molar-refractivity contribution >= 4 is 23.0 Å². The Labute approximate surface area is 235 Å². The average molecular weight is 546 g/mol. The molecule has 1 aliphatic carbocycles. The third-order valence-electron chi connectivity index (χ3n) is 7.68. The van der Waals surface area contributed by atoms with E-state index in [1.807, 2.05) is 18.2 Å². The Balaban J connectivity index is 1.42. The Morgan fingerprint density at radius 1 is 1.05 bits per heavy atom. The number of nitrogens with zero attached hydrogens (tertiary/aromatic N) is 1. The molecule has 0 saturated heterocycles. The minimum Gasteiger partial charge on any atom is -0.487 e. The van der Waals surface area contributed by atoms with Crippen LogP contribution in [0.5, 0.6) is 5.75 Å². The lowest BCUT2D eigenvalue weighted by molar-refractivity contribution is -0.123. The third kappa shape index (κ3) is 6.32. The van der Waals surface area contributed by atoms with Gasteiger partial charge in [-0.05, 0) is 88.5 Å². The first kappa shape index (κ1) is 27.7. The molecule has 8 heteroatoms. The number of carbonyl (C=O) groups is 2. The van der Waals surface area contributed by atoms with Crippen LogP contribution >= 0.6 is 0 Å². The molecule has 212 valence electrons. The summed E-state index contributed by atoms with van der Waals surface area (Å²) in [6.07, 6.45) is 8.05. The summed E-state index contributed by atoms with van der Waals surface area (Å²) in [5.41, 5.74) is 5.65. The number of hydrogen-bond acceptors (Lipinski definition) is 6. The van der Waals surface area contributed by atoms with Crippen LogP contribution in [-0.4, -0.2) is 23.2 Å². The molecule has 40 heavy (non-hydrogen) atoms. The molecule has 0 unspecified atom stereocenters. The van der Waals surface area contributed by atoms with Gasteiger partial charge in [-0.2, -0.15) is 0 Å². The maximum atomic E-state index is 13.3. The van der Waals surface area contributed by atoms with E-state index >= 15 is 0 Å². The highest BCUT2D eigenvalue weighted by Crippen LogP contribution is 2.43. The number of ether oxygens (including phenoxy) is 2. The molecule has 1 saturated carbocycles. The number of benzene rings is 2. The van der Waals surface area contributed by atoms with Gasteiger partial charge in [-0.15, -0.1) is 5.10 Å². The molecule has 0 radical (unpaired) electrons. The van der Waals surface area contributed by atoms with E-state index in [1.165, 1.54) is 24.8 Å². The van der Waals surface area contributed by atoms with Crippen LogP contribution in [0.15, 0.2) is 58.0 Å². The van der Waals surface area contributed by atoms with E-state index in [4.69, 9.17) is 13.9 Å². The van der Waals surface area contributed by atoms with E-state index < -0.39 is 23.6 Å². The van der Waals surface area contributed by atoms with Crippen molar-refractivity contribution in [1.29, 1.82) is 0 Å². The fourth-order valence-electron chi connectivity index (χ4n) is 5.69. The maximum absolute atomic E-state index is 13.3. The van der Waals surface area contributed by atoms with Crippen LogP contribution in [0, 0.1) is 0 Å². The average Bonchev–Trinajstić information content (AvgIpc) is 2.93. The third-order valence-corrected chi connectivity index (χ3v) is 7.68. The molecule has 2 aromatic carbocycles. The van der Waals surface area contributed by atoms with Gasteiger partial charge in [0.25, 0.3) is 5.91 Å². The second kappa shape index (κ2) is 11.4. The van der Waals surface area contributed by atoms with Crippen molar-refractivity contribution in [1.82, 2.24) is 10.7 Å². The largest absolute Gasteiger partial charge is 0.487 e. The van der Waals surface area contributed by atoms with Crippen LogP contribution in [0.2, 0.25) is 0 Å². The van der Waals surface area contributed by atoms with Crippen LogP contribution in [0.4, 0.5) is 4.79 Å². The van der Waals surface area contributed by atoms with Gasteiger partial charge >= 0.3 is 6.09 Å². The minimum absolute atomic E-state index is 0.0595. The molecular weight excluding hydrogens is 506 g/mol. The summed E-state index contributed by atoms with van der Waals surface area (Å²) < 4.78 is 18.2. The molecule has 1 aliphatic heterocycles. The van der Waals surface area contributed by atoms with Crippen LogP contribution in [0.1, 0.15) is 89.0 Å². The van der Waals surface area contributed by atoms with Gasteiger partial charge in [-0.3, -0.25) is 4.79 Å². The minimum atomic E-state index is -1.00. The van der Waals surface area contributed by atoms with Gasteiger partial charge in [0, 0.05) is 17.5 Å². The number of rotatable bonds is 5. The molecule has 5 rings (SSSR count). The first-order valence-corrected chi connectivity index (χ1v) is 14.3. The molecule has 2 heterocycles. The smallest absolute Gasteiger partial charge is 0.408 e. The molecule has 1 spiro atoms. The summed E-state index contributed by atoms with van der Waals surface area (Å²) in [7, 11) is 0. The van der Waals surface area contributed by atoms with Crippen molar-refractivity contribution in [2.75, 3.05) is 0 Å². The predicted octanol–water partition coefficient (Wildman–Crippen LogP) is 6.22. The highest BCUT2D eigenvalue weighted by atomic mass is 16.6. The lowest BCUT2D eigenvalue weighted by Crippen LogP contribution is -2.41. The zero-order valence-electron chi connectivity index (χ0n) is 23.8.